The number of fused-ring (bicyclic) bond motifs is 1. The third kappa shape index (κ3) is 1.37. The summed E-state index contributed by atoms with van der Waals surface area (Å²) in [7, 11) is 0. The zero-order chi connectivity index (χ0) is 10.1. The molecule has 0 radical (unpaired) electrons. The van der Waals surface area contributed by atoms with Crippen LogP contribution in [0.3, 0.4) is 0 Å². The Kier molecular flexibility index (Phi) is 1.81. The van der Waals surface area contributed by atoms with E-state index < -0.39 is 5.91 Å². The molecular weight excluding hydrogens is 178 g/mol. The Bertz CT molecular complexity index is 508. The van der Waals surface area contributed by atoms with Crippen molar-refractivity contribution in [3.63, 3.8) is 0 Å². The number of pyridine rings is 1. The minimum Gasteiger partial charge on any atom is -0.384 e. The molecule has 0 aliphatic carbocycles. The molecule has 0 unspecified atom stereocenters. The van der Waals surface area contributed by atoms with Gasteiger partial charge in [0.2, 0.25) is 5.91 Å². The molecule has 2 aromatic rings. The fraction of sp³-hybridized carbons (Fsp3) is 0. The second-order valence-electron chi connectivity index (χ2n) is 3.01. The number of carbonyl (C=O) groups is 1. The molecule has 0 saturated heterocycles. The summed E-state index contributed by atoms with van der Waals surface area (Å²) in [6.45, 7) is 0. The maximum Gasteiger partial charge on any atom is 0.248 e. The van der Waals surface area contributed by atoms with Gasteiger partial charge in [-0.1, -0.05) is 6.07 Å². The summed E-state index contributed by atoms with van der Waals surface area (Å²) < 4.78 is 0. The maximum atomic E-state index is 10.9. The van der Waals surface area contributed by atoms with E-state index in [2.05, 4.69) is 4.98 Å². The van der Waals surface area contributed by atoms with Crippen molar-refractivity contribution < 1.29 is 4.79 Å². The Balaban J connectivity index is 2.69. The van der Waals surface area contributed by atoms with Gasteiger partial charge in [-0.05, 0) is 24.3 Å². The number of nitrogens with two attached hydrogens (primary N) is 2. The number of nitrogen functional groups attached to an aromatic ring is 1. The van der Waals surface area contributed by atoms with Gasteiger partial charge < -0.3 is 11.5 Å². The van der Waals surface area contributed by atoms with Gasteiger partial charge in [-0.3, -0.25) is 4.79 Å². The van der Waals surface area contributed by atoms with Gasteiger partial charge in [-0.15, -0.1) is 0 Å². The first-order valence-corrected chi connectivity index (χ1v) is 4.13. The molecule has 0 saturated carbocycles. The predicted octanol–water partition coefficient (Wildman–Crippen LogP) is 0.916. The van der Waals surface area contributed by atoms with Crippen LogP contribution in [0.4, 0.5) is 5.82 Å². The van der Waals surface area contributed by atoms with Crippen molar-refractivity contribution in [2.24, 2.45) is 5.73 Å². The molecule has 1 heterocycles. The van der Waals surface area contributed by atoms with Crippen LogP contribution in [0.25, 0.3) is 10.9 Å². The Morgan fingerprint density at radius 2 is 1.93 bits per heavy atom. The highest BCUT2D eigenvalue weighted by molar-refractivity contribution is 5.96. The lowest BCUT2D eigenvalue weighted by Crippen LogP contribution is -2.10. The number of rotatable bonds is 1. The zero-order valence-electron chi connectivity index (χ0n) is 7.40. The maximum absolute atomic E-state index is 10.9. The van der Waals surface area contributed by atoms with E-state index in [-0.39, 0.29) is 0 Å². The van der Waals surface area contributed by atoms with Crippen LogP contribution in [0.2, 0.25) is 0 Å². The van der Waals surface area contributed by atoms with Crippen molar-refractivity contribution in [3.05, 3.63) is 35.9 Å². The number of anilines is 1. The molecule has 0 atom stereocenters. The van der Waals surface area contributed by atoms with Crippen LogP contribution in [0.5, 0.6) is 0 Å². The van der Waals surface area contributed by atoms with E-state index in [1.807, 2.05) is 6.07 Å². The van der Waals surface area contributed by atoms with Crippen molar-refractivity contribution in [2.75, 3.05) is 5.73 Å². The van der Waals surface area contributed by atoms with Crippen LogP contribution < -0.4 is 11.5 Å². The number of hydrogen-bond donors (Lipinski definition) is 2. The monoisotopic (exact) mass is 187 g/mol. The molecule has 0 aliphatic rings. The first-order chi connectivity index (χ1) is 6.66. The molecule has 0 aliphatic heterocycles. The average molecular weight is 187 g/mol. The average Bonchev–Trinajstić information content (AvgIpc) is 2.16. The fourth-order valence-electron chi connectivity index (χ4n) is 1.29. The minimum atomic E-state index is -0.462. The highest BCUT2D eigenvalue weighted by Crippen LogP contribution is 2.15. The molecule has 1 aromatic carbocycles. The molecule has 0 spiro atoms. The van der Waals surface area contributed by atoms with Gasteiger partial charge in [-0.2, -0.15) is 0 Å². The molecule has 2 rings (SSSR count). The lowest BCUT2D eigenvalue weighted by atomic mass is 10.1. The standard InChI is InChI=1S/C10H9N3O/c11-9-4-3-6-1-2-7(10(12)14)5-8(6)13-9/h1-5H,(H2,11,13)(H2,12,14). The Hall–Kier alpha value is -2.10. The Labute approximate surface area is 80.5 Å². The number of amides is 1. The molecule has 0 bridgehead atoms. The van der Waals surface area contributed by atoms with Crippen molar-refractivity contribution in [1.82, 2.24) is 4.98 Å². The van der Waals surface area contributed by atoms with E-state index in [4.69, 9.17) is 11.5 Å². The first-order valence-electron chi connectivity index (χ1n) is 4.13. The third-order valence-corrected chi connectivity index (χ3v) is 2.00. The van der Waals surface area contributed by atoms with E-state index in [0.717, 1.165) is 5.39 Å². The third-order valence-electron chi connectivity index (χ3n) is 2.00. The van der Waals surface area contributed by atoms with Crippen molar-refractivity contribution in [2.45, 2.75) is 0 Å². The Morgan fingerprint density at radius 1 is 1.21 bits per heavy atom. The van der Waals surface area contributed by atoms with E-state index >= 15 is 0 Å². The van der Waals surface area contributed by atoms with Crippen LogP contribution in [0.15, 0.2) is 30.3 Å². The quantitative estimate of drug-likeness (QED) is 0.696. The summed E-state index contributed by atoms with van der Waals surface area (Å²) in [6, 6.07) is 8.66. The van der Waals surface area contributed by atoms with Crippen LogP contribution >= 0.6 is 0 Å². The highest BCUT2D eigenvalue weighted by Gasteiger charge is 2.02. The van der Waals surface area contributed by atoms with Gasteiger partial charge in [0.05, 0.1) is 5.52 Å². The molecule has 70 valence electrons. The van der Waals surface area contributed by atoms with Crippen molar-refractivity contribution in [3.8, 4) is 0 Å². The predicted molar refractivity (Wildman–Crippen MR) is 54.7 cm³/mol. The highest BCUT2D eigenvalue weighted by atomic mass is 16.1. The van der Waals surface area contributed by atoms with Gasteiger partial charge in [0, 0.05) is 10.9 Å². The number of hydrogen-bond acceptors (Lipinski definition) is 3. The normalized spacial score (nSPS) is 10.3. The van der Waals surface area contributed by atoms with Gasteiger partial charge in [0.15, 0.2) is 0 Å². The smallest absolute Gasteiger partial charge is 0.248 e. The van der Waals surface area contributed by atoms with E-state index in [9.17, 15) is 4.79 Å². The molecule has 4 nitrogen and oxygen atoms in total. The molecule has 0 fully saturated rings. The van der Waals surface area contributed by atoms with E-state index in [1.165, 1.54) is 0 Å². The topological polar surface area (TPSA) is 82.0 Å². The first kappa shape index (κ1) is 8.50. The van der Waals surface area contributed by atoms with Crippen molar-refractivity contribution >= 4 is 22.6 Å². The van der Waals surface area contributed by atoms with Gasteiger partial charge in [-0.25, -0.2) is 4.98 Å². The molecule has 1 aromatic heterocycles. The van der Waals surface area contributed by atoms with Gasteiger partial charge in [0.25, 0.3) is 0 Å². The molecule has 4 heteroatoms. The van der Waals surface area contributed by atoms with E-state index in [1.54, 1.807) is 24.3 Å². The molecule has 4 N–H and O–H groups in total. The van der Waals surface area contributed by atoms with Crippen LogP contribution in [0.1, 0.15) is 10.4 Å². The van der Waals surface area contributed by atoms with Gasteiger partial charge in [0.1, 0.15) is 5.82 Å². The molecule has 14 heavy (non-hydrogen) atoms. The van der Waals surface area contributed by atoms with Crippen LogP contribution in [-0.2, 0) is 0 Å². The molecular formula is C10H9N3O. The summed E-state index contributed by atoms with van der Waals surface area (Å²) in [5.41, 5.74) is 11.8. The lowest BCUT2D eigenvalue weighted by Gasteiger charge is -2.00. The summed E-state index contributed by atoms with van der Waals surface area (Å²) in [5.74, 6) is -0.0322. The number of aromatic nitrogens is 1. The number of carbonyl (C=O) groups excluding carboxylic acids is 1. The van der Waals surface area contributed by atoms with Gasteiger partial charge >= 0.3 is 0 Å². The minimum absolute atomic E-state index is 0.430. The number of primary amides is 1. The lowest BCUT2D eigenvalue weighted by molar-refractivity contribution is 0.100. The largest absolute Gasteiger partial charge is 0.384 e. The van der Waals surface area contributed by atoms with E-state index in [0.29, 0.717) is 16.9 Å². The fourth-order valence-corrected chi connectivity index (χ4v) is 1.29. The summed E-state index contributed by atoms with van der Waals surface area (Å²) in [5, 5.41) is 0.934. The number of benzene rings is 1. The SMILES string of the molecule is NC(=O)c1ccc2ccc(N)nc2c1. The summed E-state index contributed by atoms with van der Waals surface area (Å²) >= 11 is 0. The zero-order valence-corrected chi connectivity index (χ0v) is 7.40. The van der Waals surface area contributed by atoms with Crippen LogP contribution in [0, 0.1) is 0 Å². The summed E-state index contributed by atoms with van der Waals surface area (Å²) in [4.78, 5) is 15.0. The number of nitrogens with zero attached hydrogens (tertiary/aromatic N) is 1. The Morgan fingerprint density at radius 3 is 2.64 bits per heavy atom. The van der Waals surface area contributed by atoms with Crippen molar-refractivity contribution in [1.29, 1.82) is 0 Å². The second kappa shape index (κ2) is 2.99. The van der Waals surface area contributed by atoms with Crippen LogP contribution in [-0.4, -0.2) is 10.9 Å². The second-order valence-corrected chi connectivity index (χ2v) is 3.01. The summed E-state index contributed by atoms with van der Waals surface area (Å²) in [6.07, 6.45) is 0. The molecule has 1 amide bonds.